The molecule has 0 amide bonds. The predicted molar refractivity (Wildman–Crippen MR) is 59.8 cm³/mol. The molecule has 1 N–H and O–H groups in total. The zero-order chi connectivity index (χ0) is 10.3. The molecule has 3 rings (SSSR count). The summed E-state index contributed by atoms with van der Waals surface area (Å²) in [6.45, 7) is 3.51. The summed E-state index contributed by atoms with van der Waals surface area (Å²) in [5.74, 6) is 1.38. The number of fused-ring (bicyclic) bond motifs is 1. The molecular formula is C13H17NO. The van der Waals surface area contributed by atoms with Gasteiger partial charge in [0.1, 0.15) is 5.75 Å². The van der Waals surface area contributed by atoms with Gasteiger partial charge in [0.05, 0.1) is 0 Å². The molecule has 1 aromatic carbocycles. The van der Waals surface area contributed by atoms with Gasteiger partial charge in [0.15, 0.2) is 0 Å². The Bertz CT molecular complexity index is 371. The summed E-state index contributed by atoms with van der Waals surface area (Å²) in [5, 5.41) is 9.40. The summed E-state index contributed by atoms with van der Waals surface area (Å²) in [6, 6.07) is 5.80. The lowest BCUT2D eigenvalue weighted by Gasteiger charge is -2.28. The molecule has 1 saturated carbocycles. The van der Waals surface area contributed by atoms with E-state index < -0.39 is 0 Å². The molecule has 1 fully saturated rings. The van der Waals surface area contributed by atoms with Crippen LogP contribution in [0.25, 0.3) is 0 Å². The molecule has 0 atom stereocenters. The Morgan fingerprint density at radius 2 is 2.13 bits per heavy atom. The van der Waals surface area contributed by atoms with Gasteiger partial charge in [0.2, 0.25) is 0 Å². The first-order valence-electron chi connectivity index (χ1n) is 5.84. The van der Waals surface area contributed by atoms with Gasteiger partial charge in [-0.25, -0.2) is 0 Å². The van der Waals surface area contributed by atoms with Gasteiger partial charge < -0.3 is 5.11 Å². The maximum atomic E-state index is 9.40. The summed E-state index contributed by atoms with van der Waals surface area (Å²) in [6.07, 6.45) is 3.95. The van der Waals surface area contributed by atoms with Crippen LogP contribution >= 0.6 is 0 Å². The Morgan fingerprint density at radius 3 is 2.93 bits per heavy atom. The number of nitrogens with zero attached hydrogens (tertiary/aromatic N) is 1. The first-order chi connectivity index (χ1) is 7.31. The minimum Gasteiger partial charge on any atom is -0.508 e. The second-order valence-electron chi connectivity index (χ2n) is 4.88. The summed E-state index contributed by atoms with van der Waals surface area (Å²) >= 11 is 0. The molecule has 1 aliphatic heterocycles. The van der Waals surface area contributed by atoms with Crippen molar-refractivity contribution in [3.8, 4) is 5.75 Å². The van der Waals surface area contributed by atoms with Crippen molar-refractivity contribution in [3.05, 3.63) is 29.3 Å². The van der Waals surface area contributed by atoms with Crippen LogP contribution in [0.5, 0.6) is 5.75 Å². The summed E-state index contributed by atoms with van der Waals surface area (Å²) in [7, 11) is 0. The van der Waals surface area contributed by atoms with Gasteiger partial charge in [-0.15, -0.1) is 0 Å². The zero-order valence-corrected chi connectivity index (χ0v) is 8.95. The van der Waals surface area contributed by atoms with Crippen molar-refractivity contribution >= 4 is 0 Å². The van der Waals surface area contributed by atoms with E-state index in [-0.39, 0.29) is 0 Å². The molecule has 0 radical (unpaired) electrons. The Balaban J connectivity index is 1.74. The van der Waals surface area contributed by atoms with Crippen LogP contribution in [0.4, 0.5) is 0 Å². The molecule has 0 bridgehead atoms. The van der Waals surface area contributed by atoms with Gasteiger partial charge >= 0.3 is 0 Å². The number of rotatable bonds is 2. The number of aromatic hydroxyl groups is 1. The number of benzene rings is 1. The molecule has 80 valence electrons. The molecule has 0 saturated heterocycles. The maximum Gasteiger partial charge on any atom is 0.115 e. The standard InChI is InChI=1S/C13H17NO/c15-13-4-3-12-9-14(8-10-1-2-10)6-5-11(12)7-13/h3-4,7,10,15H,1-2,5-6,8-9H2. The quantitative estimate of drug-likeness (QED) is 0.796. The van der Waals surface area contributed by atoms with Gasteiger partial charge in [-0.05, 0) is 48.4 Å². The fraction of sp³-hybridized carbons (Fsp3) is 0.538. The molecule has 2 nitrogen and oxygen atoms in total. The minimum absolute atomic E-state index is 0.407. The highest BCUT2D eigenvalue weighted by Crippen LogP contribution is 2.31. The average Bonchev–Trinajstić information content (AvgIpc) is 3.02. The highest BCUT2D eigenvalue weighted by molar-refractivity contribution is 5.36. The summed E-state index contributed by atoms with van der Waals surface area (Å²) in [5.41, 5.74) is 2.74. The van der Waals surface area contributed by atoms with Crippen molar-refractivity contribution < 1.29 is 5.11 Å². The molecule has 15 heavy (non-hydrogen) atoms. The van der Waals surface area contributed by atoms with Gasteiger partial charge in [0.25, 0.3) is 0 Å². The second-order valence-corrected chi connectivity index (χ2v) is 4.88. The van der Waals surface area contributed by atoms with Crippen LogP contribution in [0.2, 0.25) is 0 Å². The van der Waals surface area contributed by atoms with E-state index in [1.54, 1.807) is 6.07 Å². The van der Waals surface area contributed by atoms with E-state index in [4.69, 9.17) is 0 Å². The molecule has 1 heterocycles. The van der Waals surface area contributed by atoms with Gasteiger partial charge in [-0.1, -0.05) is 6.07 Å². The van der Waals surface area contributed by atoms with Crippen molar-refractivity contribution in [2.45, 2.75) is 25.8 Å². The van der Waals surface area contributed by atoms with E-state index >= 15 is 0 Å². The Hall–Kier alpha value is -1.02. The number of phenolic OH excluding ortho intramolecular Hbond substituents is 1. The largest absolute Gasteiger partial charge is 0.508 e. The van der Waals surface area contributed by atoms with Crippen LogP contribution in [-0.2, 0) is 13.0 Å². The Morgan fingerprint density at radius 1 is 1.27 bits per heavy atom. The van der Waals surface area contributed by atoms with Gasteiger partial charge in [0, 0.05) is 19.6 Å². The van der Waals surface area contributed by atoms with Crippen LogP contribution < -0.4 is 0 Å². The molecule has 0 unspecified atom stereocenters. The third-order valence-corrected chi connectivity index (χ3v) is 3.49. The lowest BCUT2D eigenvalue weighted by molar-refractivity contribution is 0.243. The van der Waals surface area contributed by atoms with E-state index in [2.05, 4.69) is 11.0 Å². The average molecular weight is 203 g/mol. The highest BCUT2D eigenvalue weighted by Gasteiger charge is 2.26. The first kappa shape index (κ1) is 9.22. The number of hydrogen-bond donors (Lipinski definition) is 1. The van der Waals surface area contributed by atoms with Crippen molar-refractivity contribution in [2.75, 3.05) is 13.1 Å². The van der Waals surface area contributed by atoms with E-state index in [0.29, 0.717) is 5.75 Å². The fourth-order valence-corrected chi connectivity index (χ4v) is 2.42. The van der Waals surface area contributed by atoms with Crippen molar-refractivity contribution in [1.82, 2.24) is 4.90 Å². The molecular weight excluding hydrogens is 186 g/mol. The highest BCUT2D eigenvalue weighted by atomic mass is 16.3. The van der Waals surface area contributed by atoms with E-state index in [9.17, 15) is 5.11 Å². The normalized spacial score (nSPS) is 21.3. The molecule has 0 spiro atoms. The lowest BCUT2D eigenvalue weighted by atomic mass is 9.99. The first-order valence-corrected chi connectivity index (χ1v) is 5.84. The van der Waals surface area contributed by atoms with Crippen molar-refractivity contribution in [1.29, 1.82) is 0 Å². The molecule has 2 heteroatoms. The molecule has 1 aromatic rings. The second kappa shape index (κ2) is 3.53. The van der Waals surface area contributed by atoms with E-state index in [1.165, 1.54) is 30.5 Å². The van der Waals surface area contributed by atoms with Gasteiger partial charge in [-0.2, -0.15) is 0 Å². The summed E-state index contributed by atoms with van der Waals surface area (Å²) in [4.78, 5) is 2.55. The molecule has 1 aliphatic carbocycles. The topological polar surface area (TPSA) is 23.5 Å². The third-order valence-electron chi connectivity index (χ3n) is 3.49. The van der Waals surface area contributed by atoms with Gasteiger partial charge in [-0.3, -0.25) is 4.90 Å². The SMILES string of the molecule is Oc1ccc2c(c1)CCN(CC1CC1)C2. The van der Waals surface area contributed by atoms with Crippen LogP contribution in [0.1, 0.15) is 24.0 Å². The van der Waals surface area contributed by atoms with Crippen LogP contribution in [0.3, 0.4) is 0 Å². The van der Waals surface area contributed by atoms with Crippen molar-refractivity contribution in [3.63, 3.8) is 0 Å². The zero-order valence-electron chi connectivity index (χ0n) is 8.95. The molecule has 2 aliphatic rings. The third kappa shape index (κ3) is 2.00. The van der Waals surface area contributed by atoms with Crippen LogP contribution in [0, 0.1) is 5.92 Å². The number of hydrogen-bond acceptors (Lipinski definition) is 2. The monoisotopic (exact) mass is 203 g/mol. The van der Waals surface area contributed by atoms with Crippen LogP contribution in [0.15, 0.2) is 18.2 Å². The summed E-state index contributed by atoms with van der Waals surface area (Å²) < 4.78 is 0. The lowest BCUT2D eigenvalue weighted by Crippen LogP contribution is -2.32. The number of phenols is 1. The van der Waals surface area contributed by atoms with Crippen molar-refractivity contribution in [2.24, 2.45) is 5.92 Å². The predicted octanol–water partition coefficient (Wildman–Crippen LogP) is 2.16. The Kier molecular flexibility index (Phi) is 2.17. The maximum absolute atomic E-state index is 9.40. The smallest absolute Gasteiger partial charge is 0.115 e. The van der Waals surface area contributed by atoms with E-state index in [1.807, 2.05) is 6.07 Å². The van der Waals surface area contributed by atoms with E-state index in [0.717, 1.165) is 25.4 Å². The van der Waals surface area contributed by atoms with Crippen LogP contribution in [-0.4, -0.2) is 23.1 Å². The molecule has 0 aromatic heterocycles. The minimum atomic E-state index is 0.407. The Labute approximate surface area is 90.5 Å². The fourth-order valence-electron chi connectivity index (χ4n) is 2.42.